The quantitative estimate of drug-likeness (QED) is 0.732. The molecular formula is C14H21ClN2O4S. The lowest BCUT2D eigenvalue weighted by Crippen LogP contribution is -2.41. The van der Waals surface area contributed by atoms with E-state index in [2.05, 4.69) is 9.46 Å². The molecule has 0 aliphatic carbocycles. The number of ether oxygens (including phenoxy) is 1. The summed E-state index contributed by atoms with van der Waals surface area (Å²) in [6.07, 6.45) is 0.594. The molecule has 0 heterocycles. The molecule has 1 aromatic rings. The van der Waals surface area contributed by atoms with Crippen LogP contribution in [0.5, 0.6) is 0 Å². The van der Waals surface area contributed by atoms with E-state index in [1.165, 1.54) is 25.3 Å². The van der Waals surface area contributed by atoms with E-state index < -0.39 is 22.0 Å². The number of carbonyl (C=O) groups excluding carboxylic acids is 1. The van der Waals surface area contributed by atoms with Crippen molar-refractivity contribution in [2.24, 2.45) is 11.7 Å². The van der Waals surface area contributed by atoms with Gasteiger partial charge in [-0.05, 0) is 30.5 Å². The second-order valence-corrected chi connectivity index (χ2v) is 7.43. The third kappa shape index (κ3) is 4.95. The molecule has 0 saturated carbocycles. The van der Waals surface area contributed by atoms with Gasteiger partial charge in [0.1, 0.15) is 0 Å². The molecule has 0 aliphatic heterocycles. The number of hydrogen-bond acceptors (Lipinski definition) is 5. The first-order valence-electron chi connectivity index (χ1n) is 6.81. The average molecular weight is 349 g/mol. The molecule has 0 aromatic heterocycles. The van der Waals surface area contributed by atoms with Crippen LogP contribution in [0.4, 0.5) is 0 Å². The summed E-state index contributed by atoms with van der Waals surface area (Å²) in [5, 5.41) is 0.247. The zero-order valence-corrected chi connectivity index (χ0v) is 14.4. The molecule has 1 atom stereocenters. The highest BCUT2D eigenvalue weighted by molar-refractivity contribution is 7.89. The Hall–Kier alpha value is -1.15. The predicted octanol–water partition coefficient (Wildman–Crippen LogP) is 1.78. The number of halogens is 1. The van der Waals surface area contributed by atoms with Gasteiger partial charge >= 0.3 is 5.97 Å². The number of benzene rings is 1. The summed E-state index contributed by atoms with van der Waals surface area (Å²) in [7, 11) is -2.73. The lowest BCUT2D eigenvalue weighted by atomic mass is 10.1. The predicted molar refractivity (Wildman–Crippen MR) is 85.4 cm³/mol. The minimum Gasteiger partial charge on any atom is -0.465 e. The van der Waals surface area contributed by atoms with Crippen molar-refractivity contribution < 1.29 is 17.9 Å². The van der Waals surface area contributed by atoms with Crippen molar-refractivity contribution in [2.45, 2.75) is 31.2 Å². The summed E-state index contributed by atoms with van der Waals surface area (Å²) in [5.41, 5.74) is 5.51. The number of carbonyl (C=O) groups is 1. The van der Waals surface area contributed by atoms with E-state index in [1.54, 1.807) is 0 Å². The van der Waals surface area contributed by atoms with E-state index in [1.807, 2.05) is 13.8 Å². The highest BCUT2D eigenvalue weighted by atomic mass is 35.5. The Balaban J connectivity index is 3.19. The van der Waals surface area contributed by atoms with Gasteiger partial charge in [-0.2, -0.15) is 0 Å². The van der Waals surface area contributed by atoms with Crippen molar-refractivity contribution in [3.05, 3.63) is 28.8 Å². The van der Waals surface area contributed by atoms with Crippen LogP contribution in [0.2, 0.25) is 5.02 Å². The lowest BCUT2D eigenvalue weighted by Gasteiger charge is -2.19. The van der Waals surface area contributed by atoms with Gasteiger partial charge in [-0.3, -0.25) is 0 Å². The van der Waals surface area contributed by atoms with Crippen molar-refractivity contribution >= 4 is 27.6 Å². The van der Waals surface area contributed by atoms with Crippen LogP contribution in [0.3, 0.4) is 0 Å². The molecule has 0 amide bonds. The summed E-state index contributed by atoms with van der Waals surface area (Å²) in [6, 6.07) is 3.54. The van der Waals surface area contributed by atoms with Crippen LogP contribution in [0.15, 0.2) is 23.1 Å². The summed E-state index contributed by atoms with van der Waals surface area (Å²) in [5.74, 6) is -0.488. The van der Waals surface area contributed by atoms with Crippen LogP contribution in [-0.2, 0) is 14.8 Å². The van der Waals surface area contributed by atoms with Crippen molar-refractivity contribution in [1.82, 2.24) is 4.72 Å². The van der Waals surface area contributed by atoms with E-state index in [0.717, 1.165) is 0 Å². The maximum absolute atomic E-state index is 12.5. The van der Waals surface area contributed by atoms with Crippen LogP contribution in [-0.4, -0.2) is 34.1 Å². The van der Waals surface area contributed by atoms with Crippen molar-refractivity contribution in [3.8, 4) is 0 Å². The zero-order valence-electron chi connectivity index (χ0n) is 12.8. The van der Waals surface area contributed by atoms with E-state index in [0.29, 0.717) is 6.42 Å². The summed E-state index contributed by atoms with van der Waals surface area (Å²) < 4.78 is 32.2. The molecule has 0 fully saturated rings. The topological polar surface area (TPSA) is 98.5 Å². The first-order valence-corrected chi connectivity index (χ1v) is 8.67. The minimum absolute atomic E-state index is 0.109. The number of methoxy groups -OCH3 is 1. The molecule has 1 unspecified atom stereocenters. The Morgan fingerprint density at radius 3 is 2.55 bits per heavy atom. The fraction of sp³-hybridized carbons (Fsp3) is 0.500. The maximum atomic E-state index is 12.5. The first kappa shape index (κ1) is 18.9. The van der Waals surface area contributed by atoms with Gasteiger partial charge in [0, 0.05) is 17.6 Å². The Kier molecular flexibility index (Phi) is 6.80. The highest BCUT2D eigenvalue weighted by Crippen LogP contribution is 2.22. The summed E-state index contributed by atoms with van der Waals surface area (Å²) in [4.78, 5) is 11.6. The lowest BCUT2D eigenvalue weighted by molar-refractivity contribution is 0.0596. The van der Waals surface area contributed by atoms with Crippen molar-refractivity contribution in [1.29, 1.82) is 0 Å². The fourth-order valence-corrected chi connectivity index (χ4v) is 3.66. The molecule has 0 spiro atoms. The molecule has 0 radical (unpaired) electrons. The normalized spacial score (nSPS) is 13.2. The van der Waals surface area contributed by atoms with Gasteiger partial charge in [0.25, 0.3) is 0 Å². The Labute approximate surface area is 136 Å². The number of rotatable bonds is 7. The Bertz CT molecular complexity index is 632. The van der Waals surface area contributed by atoms with Gasteiger partial charge in [-0.15, -0.1) is 0 Å². The van der Waals surface area contributed by atoms with Crippen LogP contribution >= 0.6 is 11.6 Å². The van der Waals surface area contributed by atoms with Gasteiger partial charge in [0.2, 0.25) is 10.0 Å². The highest BCUT2D eigenvalue weighted by Gasteiger charge is 2.26. The second kappa shape index (κ2) is 7.92. The SMILES string of the molecule is COC(=O)c1cc(Cl)ccc1S(=O)(=O)NC(CN)CC(C)C. The molecular weight excluding hydrogens is 328 g/mol. The average Bonchev–Trinajstić information content (AvgIpc) is 2.44. The van der Waals surface area contributed by atoms with Gasteiger partial charge in [0.05, 0.1) is 17.6 Å². The van der Waals surface area contributed by atoms with Crippen LogP contribution in [0.1, 0.15) is 30.6 Å². The molecule has 1 rings (SSSR count). The van der Waals surface area contributed by atoms with Crippen molar-refractivity contribution in [2.75, 3.05) is 13.7 Å². The van der Waals surface area contributed by atoms with Crippen LogP contribution in [0, 0.1) is 5.92 Å². The minimum atomic E-state index is -3.91. The van der Waals surface area contributed by atoms with Crippen LogP contribution < -0.4 is 10.5 Å². The molecule has 3 N–H and O–H groups in total. The fourth-order valence-electron chi connectivity index (χ4n) is 2.05. The number of hydrogen-bond donors (Lipinski definition) is 2. The van der Waals surface area contributed by atoms with Crippen molar-refractivity contribution in [3.63, 3.8) is 0 Å². The molecule has 0 bridgehead atoms. The summed E-state index contributed by atoms with van der Waals surface area (Å²) in [6.45, 7) is 4.11. The number of sulfonamides is 1. The van der Waals surface area contributed by atoms with Gasteiger partial charge in [-0.1, -0.05) is 25.4 Å². The standard InChI is InChI=1S/C14H21ClN2O4S/c1-9(2)6-11(8-16)17-22(19,20)13-5-4-10(15)7-12(13)14(18)21-3/h4-5,7,9,11,17H,6,8,16H2,1-3H3. The Morgan fingerprint density at radius 1 is 1.41 bits per heavy atom. The largest absolute Gasteiger partial charge is 0.465 e. The Morgan fingerprint density at radius 2 is 2.05 bits per heavy atom. The van der Waals surface area contributed by atoms with E-state index >= 15 is 0 Å². The zero-order chi connectivity index (χ0) is 16.9. The molecule has 124 valence electrons. The maximum Gasteiger partial charge on any atom is 0.339 e. The van der Waals surface area contributed by atoms with Gasteiger partial charge in [-0.25, -0.2) is 17.9 Å². The smallest absolute Gasteiger partial charge is 0.339 e. The van der Waals surface area contributed by atoms with E-state index in [9.17, 15) is 13.2 Å². The molecule has 1 aromatic carbocycles. The molecule has 8 heteroatoms. The van der Waals surface area contributed by atoms with E-state index in [4.69, 9.17) is 17.3 Å². The first-order chi connectivity index (χ1) is 10.2. The molecule has 0 saturated heterocycles. The van der Waals surface area contributed by atoms with Gasteiger partial charge < -0.3 is 10.5 Å². The monoisotopic (exact) mass is 348 g/mol. The van der Waals surface area contributed by atoms with E-state index in [-0.39, 0.29) is 27.9 Å². The molecule has 22 heavy (non-hydrogen) atoms. The van der Waals surface area contributed by atoms with Crippen LogP contribution in [0.25, 0.3) is 0 Å². The second-order valence-electron chi connectivity index (χ2n) is 5.32. The number of esters is 1. The van der Waals surface area contributed by atoms with Gasteiger partial charge in [0.15, 0.2) is 0 Å². The number of nitrogens with two attached hydrogens (primary N) is 1. The number of nitrogens with one attached hydrogen (secondary N) is 1. The third-order valence-corrected chi connectivity index (χ3v) is 4.81. The molecule has 0 aliphatic rings. The molecule has 6 nitrogen and oxygen atoms in total. The third-order valence-electron chi connectivity index (χ3n) is 3.00. The summed E-state index contributed by atoms with van der Waals surface area (Å²) >= 11 is 5.83.